The summed E-state index contributed by atoms with van der Waals surface area (Å²) in [6, 6.07) is 14.9. The summed E-state index contributed by atoms with van der Waals surface area (Å²) in [6.07, 6.45) is 26.4. The van der Waals surface area contributed by atoms with Crippen LogP contribution < -0.4 is 14.7 Å². The second kappa shape index (κ2) is 23.5. The first-order chi connectivity index (χ1) is 22.7. The maximum Gasteiger partial charge on any atom is 0.0554 e. The van der Waals surface area contributed by atoms with Gasteiger partial charge in [0.25, 0.3) is 0 Å². The fourth-order valence-electron chi connectivity index (χ4n) is 6.85. The molecule has 0 aliphatic carbocycles. The van der Waals surface area contributed by atoms with Crippen molar-refractivity contribution in [2.45, 2.75) is 173 Å². The molecule has 2 aromatic rings. The molecule has 1 aliphatic rings. The van der Waals surface area contributed by atoms with E-state index in [0.717, 1.165) is 6.54 Å². The molecule has 46 heavy (non-hydrogen) atoms. The molecule has 4 heteroatoms. The van der Waals surface area contributed by atoms with Crippen LogP contribution in [0.25, 0.3) is 0 Å². The Morgan fingerprint density at radius 3 is 1.13 bits per heavy atom. The highest BCUT2D eigenvalue weighted by molar-refractivity contribution is 7.99. The highest BCUT2D eigenvalue weighted by Crippen LogP contribution is 2.50. The van der Waals surface area contributed by atoms with Crippen molar-refractivity contribution >= 4 is 34.5 Å². The lowest BCUT2D eigenvalue weighted by Crippen LogP contribution is -2.27. The molecule has 3 rings (SSSR count). The maximum atomic E-state index is 2.71. The number of benzene rings is 2. The third kappa shape index (κ3) is 13.0. The average molecular weight is 650 g/mol. The molecule has 1 aliphatic heterocycles. The molecule has 0 radical (unpaired) electrons. The van der Waals surface area contributed by atoms with Crippen LogP contribution in [-0.2, 0) is 0 Å². The first-order valence-corrected chi connectivity index (χ1v) is 20.7. The van der Waals surface area contributed by atoms with Crippen molar-refractivity contribution in [1.82, 2.24) is 0 Å². The van der Waals surface area contributed by atoms with Gasteiger partial charge in [-0.25, -0.2) is 0 Å². The molecule has 0 fully saturated rings. The summed E-state index contributed by atoms with van der Waals surface area (Å²) in [6.45, 7) is 17.4. The second-order valence-corrected chi connectivity index (χ2v) is 14.9. The normalized spacial score (nSPS) is 12.3. The van der Waals surface area contributed by atoms with E-state index < -0.39 is 0 Å². The highest BCUT2D eigenvalue weighted by Gasteiger charge is 2.25. The van der Waals surface area contributed by atoms with Gasteiger partial charge in [-0.1, -0.05) is 143 Å². The van der Waals surface area contributed by atoms with E-state index in [1.807, 2.05) is 11.8 Å². The predicted molar refractivity (Wildman–Crippen MR) is 209 cm³/mol. The van der Waals surface area contributed by atoms with E-state index in [4.69, 9.17) is 0 Å². The van der Waals surface area contributed by atoms with E-state index in [1.54, 1.807) is 0 Å². The van der Waals surface area contributed by atoms with Crippen LogP contribution in [0.3, 0.4) is 0 Å². The number of nitrogens with zero attached hydrogens (tertiary/aromatic N) is 3. The Hall–Kier alpha value is -1.81. The first kappa shape index (κ1) is 38.6. The lowest BCUT2D eigenvalue weighted by atomic mass is 10.1. The van der Waals surface area contributed by atoms with Crippen molar-refractivity contribution < 1.29 is 0 Å². The average Bonchev–Trinajstić information content (AvgIpc) is 3.07. The van der Waals surface area contributed by atoms with Gasteiger partial charge in [0, 0.05) is 53.9 Å². The van der Waals surface area contributed by atoms with Gasteiger partial charge < -0.3 is 14.7 Å². The van der Waals surface area contributed by atoms with E-state index in [0.29, 0.717) is 0 Å². The van der Waals surface area contributed by atoms with Gasteiger partial charge in [0.1, 0.15) is 0 Å². The molecular weight excluding hydrogens is 579 g/mol. The lowest BCUT2D eigenvalue weighted by Gasteiger charge is -2.35. The summed E-state index contributed by atoms with van der Waals surface area (Å²) >= 11 is 2.03. The minimum Gasteiger partial charge on any atom is -0.372 e. The molecule has 0 spiro atoms. The fraction of sp³-hybridized carbons (Fsp3) is 0.714. The van der Waals surface area contributed by atoms with Crippen LogP contribution in [0, 0.1) is 0 Å². The van der Waals surface area contributed by atoms with Crippen LogP contribution in [0.5, 0.6) is 0 Å². The summed E-state index contributed by atoms with van der Waals surface area (Å²) in [5, 5.41) is 0. The Bertz CT molecular complexity index is 967. The summed E-state index contributed by atoms with van der Waals surface area (Å²) in [4.78, 5) is 11.0. The van der Waals surface area contributed by atoms with E-state index in [2.05, 4.69) is 85.7 Å². The number of hydrogen-bond donors (Lipinski definition) is 0. The van der Waals surface area contributed by atoms with Crippen molar-refractivity contribution in [1.29, 1.82) is 0 Å². The zero-order valence-electron chi connectivity index (χ0n) is 30.9. The van der Waals surface area contributed by atoms with Crippen LogP contribution in [0.15, 0.2) is 46.2 Å². The SMILES string of the molecule is CCCCCCN(CCCCCC)c1ccc2c(c1)Sc1cc(N(CCCCCC)CCCCCC)ccc1N2CCCCCC. The Labute approximate surface area is 290 Å². The lowest BCUT2D eigenvalue weighted by molar-refractivity contribution is 0.608. The van der Waals surface area contributed by atoms with Gasteiger partial charge in [-0.3, -0.25) is 0 Å². The van der Waals surface area contributed by atoms with Gasteiger partial charge in [-0.2, -0.15) is 0 Å². The number of hydrogen-bond acceptors (Lipinski definition) is 4. The van der Waals surface area contributed by atoms with Gasteiger partial charge in [0.05, 0.1) is 11.4 Å². The number of rotatable bonds is 27. The number of anilines is 4. The van der Waals surface area contributed by atoms with E-state index in [9.17, 15) is 0 Å². The zero-order chi connectivity index (χ0) is 32.8. The number of fused-ring (bicyclic) bond motifs is 2. The van der Waals surface area contributed by atoms with E-state index in [1.165, 1.54) is 187 Å². The molecule has 0 atom stereocenters. The third-order valence-corrected chi connectivity index (χ3v) is 10.9. The monoisotopic (exact) mass is 650 g/mol. The molecule has 3 nitrogen and oxygen atoms in total. The predicted octanol–water partition coefficient (Wildman–Crippen LogP) is 13.8. The minimum absolute atomic E-state index is 1.11. The standard InChI is InChI=1S/C42H71N3S/c1-6-11-16-21-30-43(31-22-17-12-7-2)37-26-28-39-41(35-37)46-42-36-38(27-29-40(42)45(39)34-25-20-15-10-5)44(32-23-18-13-8-3)33-24-19-14-9-4/h26-29,35-36H,6-25,30-34H2,1-5H3. The summed E-state index contributed by atoms with van der Waals surface area (Å²) in [7, 11) is 0. The van der Waals surface area contributed by atoms with Crippen molar-refractivity contribution in [3.05, 3.63) is 36.4 Å². The molecule has 0 bridgehead atoms. The zero-order valence-corrected chi connectivity index (χ0v) is 31.7. The van der Waals surface area contributed by atoms with Crippen LogP contribution >= 0.6 is 11.8 Å². The van der Waals surface area contributed by atoms with Gasteiger partial charge in [-0.15, -0.1) is 0 Å². The Morgan fingerprint density at radius 1 is 0.435 bits per heavy atom. The molecule has 2 aromatic carbocycles. The second-order valence-electron chi connectivity index (χ2n) is 13.8. The van der Waals surface area contributed by atoms with Gasteiger partial charge in [-0.05, 0) is 68.5 Å². The highest BCUT2D eigenvalue weighted by atomic mass is 32.2. The molecule has 260 valence electrons. The van der Waals surface area contributed by atoms with Gasteiger partial charge in [0.2, 0.25) is 0 Å². The van der Waals surface area contributed by atoms with Gasteiger partial charge in [0.15, 0.2) is 0 Å². The molecule has 1 heterocycles. The third-order valence-electron chi connectivity index (χ3n) is 9.78. The molecule has 0 amide bonds. The summed E-state index contributed by atoms with van der Waals surface area (Å²) in [5.74, 6) is 0. The molecule has 0 N–H and O–H groups in total. The van der Waals surface area contributed by atoms with Crippen molar-refractivity contribution in [2.24, 2.45) is 0 Å². The Morgan fingerprint density at radius 2 is 0.783 bits per heavy atom. The largest absolute Gasteiger partial charge is 0.372 e. The Balaban J connectivity index is 1.89. The van der Waals surface area contributed by atoms with E-state index in [-0.39, 0.29) is 0 Å². The molecule has 0 aromatic heterocycles. The molecule has 0 saturated carbocycles. The van der Waals surface area contributed by atoms with E-state index >= 15 is 0 Å². The topological polar surface area (TPSA) is 9.72 Å². The van der Waals surface area contributed by atoms with Gasteiger partial charge >= 0.3 is 0 Å². The first-order valence-electron chi connectivity index (χ1n) is 19.9. The van der Waals surface area contributed by atoms with Crippen LogP contribution in [0.1, 0.15) is 163 Å². The molecule has 0 saturated heterocycles. The van der Waals surface area contributed by atoms with Crippen molar-refractivity contribution in [3.63, 3.8) is 0 Å². The minimum atomic E-state index is 1.11. The quantitative estimate of drug-likeness (QED) is 0.0890. The molecule has 0 unspecified atom stereocenters. The van der Waals surface area contributed by atoms with Crippen LogP contribution in [0.4, 0.5) is 22.7 Å². The van der Waals surface area contributed by atoms with Crippen molar-refractivity contribution in [3.8, 4) is 0 Å². The number of unbranched alkanes of at least 4 members (excludes halogenated alkanes) is 15. The smallest absolute Gasteiger partial charge is 0.0554 e. The fourth-order valence-corrected chi connectivity index (χ4v) is 8.01. The maximum absolute atomic E-state index is 2.71. The summed E-state index contributed by atoms with van der Waals surface area (Å²) < 4.78 is 0. The summed E-state index contributed by atoms with van der Waals surface area (Å²) in [5.41, 5.74) is 5.69. The van der Waals surface area contributed by atoms with Crippen molar-refractivity contribution in [2.75, 3.05) is 47.4 Å². The molecular formula is C42H71N3S. The van der Waals surface area contributed by atoms with Crippen LogP contribution in [0.2, 0.25) is 0 Å². The Kier molecular flexibility index (Phi) is 19.7. The van der Waals surface area contributed by atoms with Crippen LogP contribution in [-0.4, -0.2) is 32.7 Å².